The highest BCUT2D eigenvalue weighted by molar-refractivity contribution is 9.10. The second kappa shape index (κ2) is 3.34. The number of nitrogens with zero attached hydrogens (tertiary/aromatic N) is 1. The summed E-state index contributed by atoms with van der Waals surface area (Å²) in [6, 6.07) is 4.01. The summed E-state index contributed by atoms with van der Waals surface area (Å²) in [7, 11) is 0. The summed E-state index contributed by atoms with van der Waals surface area (Å²) in [6.45, 7) is 1.66. The topological polar surface area (TPSA) is 42.2 Å². The van der Waals surface area contributed by atoms with Gasteiger partial charge in [0.05, 0.1) is 5.52 Å². The number of halogens is 2. The Hall–Kier alpha value is -1.36. The Morgan fingerprint density at radius 3 is 2.80 bits per heavy atom. The van der Waals surface area contributed by atoms with E-state index in [2.05, 4.69) is 15.9 Å². The molecule has 5 heteroatoms. The second-order valence-corrected chi connectivity index (χ2v) is 3.97. The highest BCUT2D eigenvalue weighted by atomic mass is 79.9. The zero-order valence-corrected chi connectivity index (χ0v) is 9.38. The highest BCUT2D eigenvalue weighted by Gasteiger charge is 2.16. The van der Waals surface area contributed by atoms with Crippen LogP contribution in [0, 0.1) is 12.7 Å². The van der Waals surface area contributed by atoms with Crippen LogP contribution in [0.4, 0.5) is 9.18 Å². The van der Waals surface area contributed by atoms with Crippen molar-refractivity contribution < 1.29 is 14.3 Å². The molecule has 0 saturated heterocycles. The van der Waals surface area contributed by atoms with Gasteiger partial charge < -0.3 is 5.11 Å². The first-order valence-corrected chi connectivity index (χ1v) is 5.01. The molecule has 0 amide bonds. The first kappa shape index (κ1) is 10.2. The maximum atomic E-state index is 13.0. The standard InChI is InChI=1S/C10H7BrFNO2/c1-5-9(11)7-4-6(12)2-3-8(7)13(5)10(14)15/h2-4H,1H3,(H,14,15). The van der Waals surface area contributed by atoms with Crippen LogP contribution in [0.5, 0.6) is 0 Å². The summed E-state index contributed by atoms with van der Waals surface area (Å²) in [5.74, 6) is -0.384. The fourth-order valence-electron chi connectivity index (χ4n) is 1.60. The van der Waals surface area contributed by atoms with Gasteiger partial charge in [-0.05, 0) is 41.1 Å². The van der Waals surface area contributed by atoms with Crippen LogP contribution < -0.4 is 0 Å². The van der Waals surface area contributed by atoms with E-state index < -0.39 is 6.09 Å². The third-order valence-electron chi connectivity index (χ3n) is 2.28. The van der Waals surface area contributed by atoms with Crippen molar-refractivity contribution in [3.63, 3.8) is 0 Å². The SMILES string of the molecule is Cc1c(Br)c2cc(F)ccc2n1C(=O)O. The smallest absolute Gasteiger partial charge is 0.416 e. The number of aromatic nitrogens is 1. The Labute approximate surface area is 93.3 Å². The van der Waals surface area contributed by atoms with Gasteiger partial charge in [0.1, 0.15) is 5.82 Å². The van der Waals surface area contributed by atoms with Crippen LogP contribution in [-0.2, 0) is 0 Å². The number of carboxylic acid groups (broad SMARTS) is 1. The van der Waals surface area contributed by atoms with Gasteiger partial charge >= 0.3 is 6.09 Å². The summed E-state index contributed by atoms with van der Waals surface area (Å²) in [5.41, 5.74) is 1.02. The molecule has 1 heterocycles. The minimum absolute atomic E-state index is 0.384. The Balaban J connectivity index is 2.93. The Bertz CT molecular complexity index is 562. The van der Waals surface area contributed by atoms with Crippen LogP contribution in [0.25, 0.3) is 10.9 Å². The molecule has 1 aromatic heterocycles. The van der Waals surface area contributed by atoms with Gasteiger partial charge in [0, 0.05) is 15.6 Å². The number of hydrogen-bond acceptors (Lipinski definition) is 1. The summed E-state index contributed by atoms with van der Waals surface area (Å²) in [5, 5.41) is 9.56. The van der Waals surface area contributed by atoms with Crippen molar-refractivity contribution in [3.05, 3.63) is 34.2 Å². The molecule has 78 valence electrons. The highest BCUT2D eigenvalue weighted by Crippen LogP contribution is 2.30. The summed E-state index contributed by atoms with van der Waals surface area (Å²) in [4.78, 5) is 11.0. The van der Waals surface area contributed by atoms with Gasteiger partial charge in [0.2, 0.25) is 0 Å². The Morgan fingerprint density at radius 1 is 1.53 bits per heavy atom. The van der Waals surface area contributed by atoms with Gasteiger partial charge in [0.15, 0.2) is 0 Å². The van der Waals surface area contributed by atoms with E-state index >= 15 is 0 Å². The van der Waals surface area contributed by atoms with Gasteiger partial charge in [0.25, 0.3) is 0 Å². The maximum absolute atomic E-state index is 13.0. The van der Waals surface area contributed by atoms with Gasteiger partial charge in [-0.3, -0.25) is 0 Å². The van der Waals surface area contributed by atoms with E-state index in [4.69, 9.17) is 5.11 Å². The van der Waals surface area contributed by atoms with E-state index in [0.29, 0.717) is 21.1 Å². The average Bonchev–Trinajstić information content (AvgIpc) is 2.41. The summed E-state index contributed by atoms with van der Waals surface area (Å²) >= 11 is 3.25. The monoisotopic (exact) mass is 271 g/mol. The van der Waals surface area contributed by atoms with E-state index in [0.717, 1.165) is 4.57 Å². The molecule has 0 aliphatic carbocycles. The third kappa shape index (κ3) is 1.43. The number of rotatable bonds is 0. The first-order valence-electron chi connectivity index (χ1n) is 4.21. The van der Waals surface area contributed by atoms with Crippen LogP contribution in [0.1, 0.15) is 5.69 Å². The van der Waals surface area contributed by atoms with E-state index in [9.17, 15) is 9.18 Å². The minimum Gasteiger partial charge on any atom is -0.464 e. The molecule has 0 unspecified atom stereocenters. The van der Waals surface area contributed by atoms with Gasteiger partial charge in [-0.1, -0.05) is 0 Å². The lowest BCUT2D eigenvalue weighted by molar-refractivity contribution is 0.197. The molecule has 0 bridgehead atoms. The number of benzene rings is 1. The molecule has 2 aromatic rings. The van der Waals surface area contributed by atoms with E-state index in [1.165, 1.54) is 18.2 Å². The summed E-state index contributed by atoms with van der Waals surface area (Å²) < 4.78 is 14.7. The zero-order valence-electron chi connectivity index (χ0n) is 7.79. The first-order chi connectivity index (χ1) is 7.02. The zero-order chi connectivity index (χ0) is 11.2. The lowest BCUT2D eigenvalue weighted by Gasteiger charge is -1.99. The van der Waals surface area contributed by atoms with Crippen molar-refractivity contribution in [2.75, 3.05) is 0 Å². The van der Waals surface area contributed by atoms with Crippen molar-refractivity contribution in [2.45, 2.75) is 6.92 Å². The molecule has 0 saturated carbocycles. The summed E-state index contributed by atoms with van der Waals surface area (Å²) in [6.07, 6.45) is -1.07. The van der Waals surface area contributed by atoms with Crippen molar-refractivity contribution >= 4 is 32.9 Å². The number of fused-ring (bicyclic) bond motifs is 1. The largest absolute Gasteiger partial charge is 0.464 e. The fourth-order valence-corrected chi connectivity index (χ4v) is 2.09. The normalized spacial score (nSPS) is 10.9. The van der Waals surface area contributed by atoms with E-state index in [-0.39, 0.29) is 5.82 Å². The molecular formula is C10H7BrFNO2. The van der Waals surface area contributed by atoms with Crippen LogP contribution >= 0.6 is 15.9 Å². The van der Waals surface area contributed by atoms with Crippen molar-refractivity contribution in [1.82, 2.24) is 4.57 Å². The predicted molar refractivity (Wildman–Crippen MR) is 57.8 cm³/mol. The molecule has 0 radical (unpaired) electrons. The maximum Gasteiger partial charge on any atom is 0.416 e. The molecular weight excluding hydrogens is 265 g/mol. The molecule has 1 N–H and O–H groups in total. The van der Waals surface area contributed by atoms with Gasteiger partial charge in [-0.15, -0.1) is 0 Å². The third-order valence-corrected chi connectivity index (χ3v) is 3.28. The van der Waals surface area contributed by atoms with Gasteiger partial charge in [-0.25, -0.2) is 13.8 Å². The van der Waals surface area contributed by atoms with Crippen LogP contribution in [-0.4, -0.2) is 15.8 Å². The van der Waals surface area contributed by atoms with E-state index in [1.54, 1.807) is 6.92 Å². The van der Waals surface area contributed by atoms with Crippen LogP contribution in [0.15, 0.2) is 22.7 Å². The quantitative estimate of drug-likeness (QED) is 0.798. The Morgan fingerprint density at radius 2 is 2.20 bits per heavy atom. The number of carbonyl (C=O) groups is 1. The molecule has 0 atom stereocenters. The van der Waals surface area contributed by atoms with Gasteiger partial charge in [-0.2, -0.15) is 0 Å². The van der Waals surface area contributed by atoms with Crippen molar-refractivity contribution in [1.29, 1.82) is 0 Å². The molecule has 0 fully saturated rings. The van der Waals surface area contributed by atoms with Crippen molar-refractivity contribution in [2.24, 2.45) is 0 Å². The Kier molecular flexibility index (Phi) is 2.26. The number of hydrogen-bond donors (Lipinski definition) is 1. The minimum atomic E-state index is -1.07. The molecule has 0 aliphatic heterocycles. The lowest BCUT2D eigenvalue weighted by Crippen LogP contribution is -2.09. The fraction of sp³-hybridized carbons (Fsp3) is 0.100. The molecule has 0 aliphatic rings. The average molecular weight is 272 g/mol. The van der Waals surface area contributed by atoms with E-state index in [1.807, 2.05) is 0 Å². The predicted octanol–water partition coefficient (Wildman–Crippen LogP) is 3.38. The molecule has 15 heavy (non-hydrogen) atoms. The van der Waals surface area contributed by atoms with Crippen LogP contribution in [0.3, 0.4) is 0 Å². The molecule has 1 aromatic carbocycles. The molecule has 0 spiro atoms. The second-order valence-electron chi connectivity index (χ2n) is 3.18. The van der Waals surface area contributed by atoms with Crippen molar-refractivity contribution in [3.8, 4) is 0 Å². The lowest BCUT2D eigenvalue weighted by atomic mass is 10.2. The van der Waals surface area contributed by atoms with Crippen LogP contribution in [0.2, 0.25) is 0 Å². The molecule has 2 rings (SSSR count). The molecule has 3 nitrogen and oxygen atoms in total.